The molecule has 0 radical (unpaired) electrons. The molecule has 0 amide bonds. The van der Waals surface area contributed by atoms with Crippen LogP contribution in [-0.2, 0) is 6.54 Å². The number of aryl methyl sites for hydroxylation is 1. The van der Waals surface area contributed by atoms with Crippen LogP contribution in [0.25, 0.3) is 0 Å². The van der Waals surface area contributed by atoms with Gasteiger partial charge in [-0.05, 0) is 97.5 Å². The summed E-state index contributed by atoms with van der Waals surface area (Å²) in [4.78, 5) is 8.20. The highest BCUT2D eigenvalue weighted by Gasteiger charge is 2.25. The summed E-state index contributed by atoms with van der Waals surface area (Å²) in [7, 11) is 6.33. The second kappa shape index (κ2) is 19.3. The molecule has 0 aromatic heterocycles. The van der Waals surface area contributed by atoms with Gasteiger partial charge in [-0.15, -0.1) is 13.2 Å². The van der Waals surface area contributed by atoms with Gasteiger partial charge in [-0.1, -0.05) is 53.7 Å². The number of piperidine rings is 1. The number of benzene rings is 1. The maximum absolute atomic E-state index is 13.0. The fourth-order valence-corrected chi connectivity index (χ4v) is 5.97. The van der Waals surface area contributed by atoms with Crippen molar-refractivity contribution in [2.45, 2.75) is 72.3 Å². The summed E-state index contributed by atoms with van der Waals surface area (Å²) >= 11 is 0. The van der Waals surface area contributed by atoms with Crippen molar-refractivity contribution in [3.8, 4) is 0 Å². The molecule has 248 valence electrons. The Labute approximate surface area is 271 Å². The Bertz CT molecular complexity index is 1260. The topological polar surface area (TPSA) is 63.9 Å². The number of rotatable bonds is 10. The van der Waals surface area contributed by atoms with E-state index in [9.17, 15) is 8.96 Å². The van der Waals surface area contributed by atoms with Crippen molar-refractivity contribution < 1.29 is 8.96 Å². The molecule has 1 saturated heterocycles. The van der Waals surface area contributed by atoms with Crippen molar-refractivity contribution in [3.05, 3.63) is 107 Å². The zero-order valence-corrected chi connectivity index (χ0v) is 28.6. The van der Waals surface area contributed by atoms with Crippen molar-refractivity contribution in [1.82, 2.24) is 24.9 Å². The lowest BCUT2D eigenvalue weighted by Gasteiger charge is -2.38. The van der Waals surface area contributed by atoms with E-state index in [1.165, 1.54) is 57.1 Å². The van der Waals surface area contributed by atoms with Gasteiger partial charge in [0.1, 0.15) is 5.82 Å². The summed E-state index contributed by atoms with van der Waals surface area (Å²) in [6.07, 6.45) is 12.8. The van der Waals surface area contributed by atoms with E-state index in [0.717, 1.165) is 37.9 Å². The highest BCUT2D eigenvalue weighted by Crippen LogP contribution is 2.36. The van der Waals surface area contributed by atoms with Gasteiger partial charge in [0, 0.05) is 64.8 Å². The second-order valence-corrected chi connectivity index (χ2v) is 11.3. The molecule has 1 atom stereocenters. The minimum absolute atomic E-state index is 0.163. The van der Waals surface area contributed by atoms with Crippen LogP contribution in [0.5, 0.6) is 0 Å². The average molecular weight is 624 g/mol. The Morgan fingerprint density at radius 2 is 1.78 bits per heavy atom. The third-order valence-electron chi connectivity index (χ3n) is 8.16. The molecule has 45 heavy (non-hydrogen) atoms. The number of hydrogen-bond acceptors (Lipinski definition) is 5. The normalized spacial score (nSPS) is 16.5. The van der Waals surface area contributed by atoms with E-state index in [0.29, 0.717) is 6.54 Å². The lowest BCUT2D eigenvalue weighted by atomic mass is 9.83. The minimum atomic E-state index is -1.14. The molecule has 9 heteroatoms. The van der Waals surface area contributed by atoms with Crippen LogP contribution in [0.3, 0.4) is 0 Å². The van der Waals surface area contributed by atoms with Crippen molar-refractivity contribution in [1.29, 1.82) is 10.8 Å². The van der Waals surface area contributed by atoms with Crippen LogP contribution >= 0.6 is 0 Å². The molecular weight excluding hydrogens is 568 g/mol. The van der Waals surface area contributed by atoms with Gasteiger partial charge in [0.25, 0.3) is 5.96 Å². The third kappa shape index (κ3) is 10.2. The number of hydrogen-bond donors (Lipinski definition) is 2. The molecule has 1 aromatic carbocycles. The molecule has 0 saturated carbocycles. The smallest absolute Gasteiger partial charge is 0.261 e. The van der Waals surface area contributed by atoms with Crippen molar-refractivity contribution >= 4 is 12.7 Å². The lowest BCUT2D eigenvalue weighted by Crippen LogP contribution is -2.35. The minimum Gasteiger partial charge on any atom is -0.375 e. The molecule has 2 aliphatic heterocycles. The van der Waals surface area contributed by atoms with Crippen LogP contribution in [0.2, 0.25) is 0 Å². The summed E-state index contributed by atoms with van der Waals surface area (Å²) < 4.78 is 26.0. The SMILES string of the molecule is C=C.C=C/C(C)=C(\N(C)C)N1CCCC/C1=C/N(C)Cc1cc(C(CC)C2=C(CC)CN(C(=N)N(F)F)C=C2)ccc1C.C=N. The quantitative estimate of drug-likeness (QED) is 0.0897. The molecule has 0 spiro atoms. The van der Waals surface area contributed by atoms with Crippen LogP contribution in [0, 0.1) is 17.7 Å². The molecule has 2 N–H and O–H groups in total. The Morgan fingerprint density at radius 1 is 1.11 bits per heavy atom. The Morgan fingerprint density at radius 3 is 2.33 bits per heavy atom. The van der Waals surface area contributed by atoms with Crippen LogP contribution < -0.4 is 0 Å². The number of nitrogens with one attached hydrogen (secondary N) is 2. The first-order valence-electron chi connectivity index (χ1n) is 15.5. The molecule has 7 nitrogen and oxygen atoms in total. The fraction of sp³-hybridized carbons (Fsp3) is 0.444. The van der Waals surface area contributed by atoms with E-state index < -0.39 is 11.3 Å². The summed E-state index contributed by atoms with van der Waals surface area (Å²) in [5.41, 5.74) is 8.52. The van der Waals surface area contributed by atoms with Gasteiger partial charge in [0.2, 0.25) is 0 Å². The Kier molecular flexibility index (Phi) is 16.7. The number of likely N-dealkylation sites (tertiary alicyclic amines) is 1. The summed E-state index contributed by atoms with van der Waals surface area (Å²) in [6, 6.07) is 6.72. The molecule has 3 rings (SSSR count). The van der Waals surface area contributed by atoms with Crippen LogP contribution in [-0.4, -0.2) is 71.9 Å². The highest BCUT2D eigenvalue weighted by molar-refractivity contribution is 5.76. The standard InChI is InChI=1S/C33H48F2N6.C2H4.CH3N/c1-9-24(4)32(37(6)7)40-18-13-12-14-29(40)23-38(8)21-28-20-27(16-15-25(28)5)30(11-3)31-17-19-39(22-26(31)10-2)33(36)41(34)35;2*1-2/h9,15-17,19-20,23,30,36H,1,10-14,18,21-22H2,2-8H3;1-2H2;2H,1H2/b29-23-,32-24+,36-33?;;. The van der Waals surface area contributed by atoms with Crippen molar-refractivity contribution in [2.75, 3.05) is 34.2 Å². The fourth-order valence-electron chi connectivity index (χ4n) is 5.97. The van der Waals surface area contributed by atoms with E-state index >= 15 is 0 Å². The first kappa shape index (κ1) is 38.9. The second-order valence-electron chi connectivity index (χ2n) is 11.3. The summed E-state index contributed by atoms with van der Waals surface area (Å²) in [5.74, 6) is 0.553. The van der Waals surface area contributed by atoms with Crippen LogP contribution in [0.15, 0.2) is 90.7 Å². The van der Waals surface area contributed by atoms with Gasteiger partial charge >= 0.3 is 0 Å². The number of nitrogens with zero attached hydrogens (tertiary/aromatic N) is 5. The van der Waals surface area contributed by atoms with Crippen molar-refractivity contribution in [2.24, 2.45) is 0 Å². The van der Waals surface area contributed by atoms with Gasteiger partial charge in [0.05, 0.1) is 0 Å². The highest BCUT2D eigenvalue weighted by atomic mass is 19.4. The summed E-state index contributed by atoms with van der Waals surface area (Å²) in [6.45, 7) is 23.1. The average Bonchev–Trinajstić information content (AvgIpc) is 3.05. The molecule has 2 aliphatic rings. The van der Waals surface area contributed by atoms with Crippen molar-refractivity contribution in [3.63, 3.8) is 0 Å². The van der Waals surface area contributed by atoms with Gasteiger partial charge in [-0.3, -0.25) is 5.41 Å². The number of halogens is 2. The van der Waals surface area contributed by atoms with Gasteiger partial charge in [0.15, 0.2) is 0 Å². The number of allylic oxidation sites excluding steroid dienone is 5. The van der Waals surface area contributed by atoms with Gasteiger partial charge in [-0.2, -0.15) is 0 Å². The molecular formula is C36H55F2N7. The maximum atomic E-state index is 13.0. The van der Waals surface area contributed by atoms with Crippen LogP contribution in [0.4, 0.5) is 8.96 Å². The molecule has 0 bridgehead atoms. The Balaban J connectivity index is 0.00000243. The van der Waals surface area contributed by atoms with E-state index in [2.05, 4.69) is 114 Å². The van der Waals surface area contributed by atoms with Gasteiger partial charge < -0.3 is 25.0 Å². The van der Waals surface area contributed by atoms with E-state index in [-0.39, 0.29) is 5.92 Å². The van der Waals surface area contributed by atoms with Gasteiger partial charge in [-0.25, -0.2) is 0 Å². The van der Waals surface area contributed by atoms with E-state index in [1.54, 1.807) is 6.20 Å². The first-order valence-corrected chi connectivity index (χ1v) is 15.5. The summed E-state index contributed by atoms with van der Waals surface area (Å²) in [5, 5.41) is 12.1. The van der Waals surface area contributed by atoms with E-state index in [1.807, 2.05) is 12.2 Å². The molecule has 1 aromatic rings. The predicted molar refractivity (Wildman–Crippen MR) is 187 cm³/mol. The third-order valence-corrected chi connectivity index (χ3v) is 8.16. The largest absolute Gasteiger partial charge is 0.375 e. The number of guanidine groups is 1. The zero-order valence-electron chi connectivity index (χ0n) is 28.6. The Hall–Kier alpha value is -4.14. The molecule has 0 aliphatic carbocycles. The molecule has 1 unspecified atom stereocenters. The molecule has 1 fully saturated rings. The monoisotopic (exact) mass is 623 g/mol. The first-order chi connectivity index (χ1) is 21.5. The van der Waals surface area contributed by atoms with Crippen LogP contribution in [0.1, 0.15) is 75.5 Å². The zero-order chi connectivity index (χ0) is 34.3. The maximum Gasteiger partial charge on any atom is 0.261 e. The predicted octanol–water partition coefficient (Wildman–Crippen LogP) is 8.84. The van der Waals surface area contributed by atoms with E-state index in [4.69, 9.17) is 10.8 Å². The molecule has 2 heterocycles. The lowest BCUT2D eigenvalue weighted by molar-refractivity contribution is -0.0850.